The molecule has 1 heterocycles. The standard InChI is InChI=1S/C23H22ClFN2O4/c1-26(23(30)31-13-14-4-2-3-5-19(14)24)16-7-9-21-18(11-16)17-10-15(25)6-8-20(17)27(21)12-22(28)29/h2-6,8,10,16H,7,9,11-13H2,1H3,(H,28,29)/t16-/m0/s1. The van der Waals surface area contributed by atoms with Crippen molar-refractivity contribution in [2.24, 2.45) is 0 Å². The van der Waals surface area contributed by atoms with Crippen LogP contribution >= 0.6 is 11.6 Å². The average molecular weight is 445 g/mol. The first-order valence-corrected chi connectivity index (χ1v) is 10.4. The van der Waals surface area contributed by atoms with Gasteiger partial charge in [0.2, 0.25) is 0 Å². The van der Waals surface area contributed by atoms with Gasteiger partial charge in [-0.1, -0.05) is 29.8 Å². The number of ether oxygens (including phenoxy) is 1. The van der Waals surface area contributed by atoms with Crippen molar-refractivity contribution in [2.75, 3.05) is 7.05 Å². The van der Waals surface area contributed by atoms with Gasteiger partial charge in [0, 0.05) is 40.3 Å². The summed E-state index contributed by atoms with van der Waals surface area (Å²) in [5.74, 6) is -1.33. The number of carboxylic acid groups (broad SMARTS) is 1. The number of likely N-dealkylation sites (N-methyl/N-ethyl adjacent to an activating group) is 1. The van der Waals surface area contributed by atoms with Crippen LogP contribution in [0.25, 0.3) is 10.9 Å². The molecule has 0 saturated heterocycles. The summed E-state index contributed by atoms with van der Waals surface area (Å²) >= 11 is 6.12. The van der Waals surface area contributed by atoms with Gasteiger partial charge in [-0.25, -0.2) is 9.18 Å². The van der Waals surface area contributed by atoms with Crippen LogP contribution in [0.1, 0.15) is 23.2 Å². The molecule has 1 atom stereocenters. The van der Waals surface area contributed by atoms with E-state index in [1.54, 1.807) is 34.7 Å². The SMILES string of the molecule is CN(C(=O)OCc1ccccc1Cl)[C@H]1CCc2c(c3cc(F)ccc3n2CC(=O)O)C1. The normalized spacial score (nSPS) is 15.5. The summed E-state index contributed by atoms with van der Waals surface area (Å²) in [5, 5.41) is 10.5. The number of aliphatic carboxylic acids is 1. The number of carbonyl (C=O) groups is 2. The molecule has 0 aliphatic heterocycles. The van der Waals surface area contributed by atoms with E-state index in [9.17, 15) is 19.1 Å². The van der Waals surface area contributed by atoms with Crippen molar-refractivity contribution in [1.82, 2.24) is 9.47 Å². The lowest BCUT2D eigenvalue weighted by atomic mass is 9.90. The zero-order valence-electron chi connectivity index (χ0n) is 17.0. The summed E-state index contributed by atoms with van der Waals surface area (Å²) in [5.41, 5.74) is 3.19. The second-order valence-electron chi connectivity index (χ2n) is 7.72. The summed E-state index contributed by atoms with van der Waals surface area (Å²) in [4.78, 5) is 25.5. The molecule has 31 heavy (non-hydrogen) atoms. The van der Waals surface area contributed by atoms with E-state index >= 15 is 0 Å². The van der Waals surface area contributed by atoms with E-state index in [2.05, 4.69) is 0 Å². The molecule has 0 bridgehead atoms. The van der Waals surface area contributed by atoms with Gasteiger partial charge in [0.05, 0.1) is 0 Å². The topological polar surface area (TPSA) is 71.8 Å². The Hall–Kier alpha value is -3.06. The smallest absolute Gasteiger partial charge is 0.410 e. The third-order valence-corrected chi connectivity index (χ3v) is 6.21. The van der Waals surface area contributed by atoms with Crippen molar-refractivity contribution >= 4 is 34.6 Å². The van der Waals surface area contributed by atoms with Gasteiger partial charge in [-0.15, -0.1) is 0 Å². The van der Waals surface area contributed by atoms with Crippen LogP contribution in [0.15, 0.2) is 42.5 Å². The number of carboxylic acids is 1. The van der Waals surface area contributed by atoms with Gasteiger partial charge in [0.25, 0.3) is 0 Å². The number of aromatic nitrogens is 1. The fraction of sp³-hybridized carbons (Fsp3) is 0.304. The van der Waals surface area contributed by atoms with E-state index in [1.807, 2.05) is 12.1 Å². The molecule has 1 aromatic heterocycles. The number of hydrogen-bond acceptors (Lipinski definition) is 3. The van der Waals surface area contributed by atoms with Crippen LogP contribution in [0.3, 0.4) is 0 Å². The van der Waals surface area contributed by atoms with Crippen LogP contribution in [-0.4, -0.2) is 39.7 Å². The van der Waals surface area contributed by atoms with Crippen molar-refractivity contribution in [2.45, 2.75) is 38.5 Å². The Balaban J connectivity index is 1.54. The maximum Gasteiger partial charge on any atom is 0.410 e. The molecule has 4 rings (SSSR count). The lowest BCUT2D eigenvalue weighted by Gasteiger charge is -2.31. The van der Waals surface area contributed by atoms with Crippen LogP contribution in [0.2, 0.25) is 5.02 Å². The van der Waals surface area contributed by atoms with Crippen LogP contribution < -0.4 is 0 Å². The van der Waals surface area contributed by atoms with E-state index < -0.39 is 12.1 Å². The highest BCUT2D eigenvalue weighted by molar-refractivity contribution is 6.31. The first kappa shape index (κ1) is 21.2. The fourth-order valence-electron chi connectivity index (χ4n) is 4.26. The monoisotopic (exact) mass is 444 g/mol. The molecular formula is C23H22ClFN2O4. The summed E-state index contributed by atoms with van der Waals surface area (Å²) in [7, 11) is 1.68. The molecule has 0 fully saturated rings. The van der Waals surface area contributed by atoms with Crippen molar-refractivity contribution in [1.29, 1.82) is 0 Å². The molecule has 3 aromatic rings. The Kier molecular flexibility index (Phi) is 5.87. The highest BCUT2D eigenvalue weighted by Gasteiger charge is 2.30. The summed E-state index contributed by atoms with van der Waals surface area (Å²) in [6.45, 7) is -0.109. The number of rotatable bonds is 5. The number of nitrogens with zero attached hydrogens (tertiary/aromatic N) is 2. The predicted molar refractivity (Wildman–Crippen MR) is 115 cm³/mol. The van der Waals surface area contributed by atoms with E-state index in [0.29, 0.717) is 35.2 Å². The minimum Gasteiger partial charge on any atom is -0.480 e. The molecule has 0 saturated carbocycles. The number of carbonyl (C=O) groups excluding carboxylic acids is 1. The fourth-order valence-corrected chi connectivity index (χ4v) is 4.45. The molecule has 0 spiro atoms. The molecule has 162 valence electrons. The van der Waals surface area contributed by atoms with E-state index in [-0.39, 0.29) is 25.0 Å². The van der Waals surface area contributed by atoms with Crippen molar-refractivity contribution in [3.63, 3.8) is 0 Å². The Morgan fingerprint density at radius 3 is 2.81 bits per heavy atom. The third-order valence-electron chi connectivity index (χ3n) is 5.84. The Morgan fingerprint density at radius 2 is 2.06 bits per heavy atom. The predicted octanol–water partition coefficient (Wildman–Crippen LogP) is 4.64. The van der Waals surface area contributed by atoms with Gasteiger partial charge in [-0.3, -0.25) is 4.79 Å². The Morgan fingerprint density at radius 1 is 1.29 bits per heavy atom. The largest absolute Gasteiger partial charge is 0.480 e. The second-order valence-corrected chi connectivity index (χ2v) is 8.13. The van der Waals surface area contributed by atoms with Gasteiger partial charge in [-0.05, 0) is 49.1 Å². The number of halogens is 2. The first-order chi connectivity index (χ1) is 14.8. The second kappa shape index (κ2) is 8.59. The number of fused-ring (bicyclic) bond motifs is 3. The van der Waals surface area contributed by atoms with Crippen molar-refractivity contribution < 1.29 is 23.8 Å². The minimum atomic E-state index is -0.952. The van der Waals surface area contributed by atoms with E-state index in [4.69, 9.17) is 16.3 Å². The van der Waals surface area contributed by atoms with Crippen LogP contribution in [0.4, 0.5) is 9.18 Å². The van der Waals surface area contributed by atoms with Gasteiger partial charge < -0.3 is 19.3 Å². The average Bonchev–Trinajstić information content (AvgIpc) is 3.04. The summed E-state index contributed by atoms with van der Waals surface area (Å²) in [6, 6.07) is 11.4. The molecule has 0 unspecified atom stereocenters. The maximum atomic E-state index is 13.9. The molecule has 1 N–H and O–H groups in total. The van der Waals surface area contributed by atoms with Crippen LogP contribution in [-0.2, 0) is 35.5 Å². The quantitative estimate of drug-likeness (QED) is 0.622. The van der Waals surface area contributed by atoms with Gasteiger partial charge in [0.1, 0.15) is 19.0 Å². The van der Waals surface area contributed by atoms with Crippen molar-refractivity contribution in [3.8, 4) is 0 Å². The molecule has 6 nitrogen and oxygen atoms in total. The molecule has 1 aliphatic carbocycles. The lowest BCUT2D eigenvalue weighted by molar-refractivity contribution is -0.137. The van der Waals surface area contributed by atoms with Crippen molar-refractivity contribution in [3.05, 3.63) is 70.1 Å². The number of benzene rings is 2. The molecule has 1 aliphatic rings. The lowest BCUT2D eigenvalue weighted by Crippen LogP contribution is -2.41. The number of amides is 1. The number of hydrogen-bond donors (Lipinski definition) is 1. The Labute approximate surface area is 183 Å². The van der Waals surface area contributed by atoms with Gasteiger partial charge >= 0.3 is 12.1 Å². The van der Waals surface area contributed by atoms with Gasteiger partial charge in [0.15, 0.2) is 0 Å². The van der Waals surface area contributed by atoms with E-state index in [0.717, 1.165) is 16.8 Å². The highest BCUT2D eigenvalue weighted by Crippen LogP contribution is 2.34. The van der Waals surface area contributed by atoms with Crippen LogP contribution in [0.5, 0.6) is 0 Å². The molecular weight excluding hydrogens is 423 g/mol. The highest BCUT2D eigenvalue weighted by atomic mass is 35.5. The Bertz CT molecular complexity index is 1160. The first-order valence-electron chi connectivity index (χ1n) is 9.99. The minimum absolute atomic E-state index is 0.0734. The van der Waals surface area contributed by atoms with Crippen LogP contribution in [0, 0.1) is 5.82 Å². The molecule has 0 radical (unpaired) electrons. The molecule has 8 heteroatoms. The maximum absolute atomic E-state index is 13.9. The summed E-state index contributed by atoms with van der Waals surface area (Å²) in [6.07, 6.45) is 1.28. The summed E-state index contributed by atoms with van der Waals surface area (Å²) < 4.78 is 21.1. The van der Waals surface area contributed by atoms with E-state index in [1.165, 1.54) is 12.1 Å². The zero-order chi connectivity index (χ0) is 22.1. The molecule has 2 aromatic carbocycles. The van der Waals surface area contributed by atoms with Gasteiger partial charge in [-0.2, -0.15) is 0 Å². The molecule has 1 amide bonds. The third kappa shape index (κ3) is 4.23. The zero-order valence-corrected chi connectivity index (χ0v) is 17.7.